The molecule has 0 aromatic heterocycles. The first-order chi connectivity index (χ1) is 8.18. The normalized spacial score (nSPS) is 26.0. The summed E-state index contributed by atoms with van der Waals surface area (Å²) in [6, 6.07) is 7.82. The van der Waals surface area contributed by atoms with Crippen LogP contribution in [0.3, 0.4) is 0 Å². The maximum absolute atomic E-state index is 9.78. The van der Waals surface area contributed by atoms with Gasteiger partial charge in [0, 0.05) is 11.6 Å². The summed E-state index contributed by atoms with van der Waals surface area (Å²) in [5, 5.41) is 13.3. The molecule has 2 nitrogen and oxygen atoms in total. The van der Waals surface area contributed by atoms with E-state index in [1.54, 1.807) is 6.07 Å². The van der Waals surface area contributed by atoms with Crippen LogP contribution in [0.5, 0.6) is 5.75 Å². The molecule has 1 aliphatic rings. The fourth-order valence-electron chi connectivity index (χ4n) is 2.82. The van der Waals surface area contributed by atoms with E-state index in [9.17, 15) is 5.11 Å². The standard InChI is InChI=1S/C15H23NO/c1-11-6-5-7-13(11)10-16-12(2)14-8-3-4-9-15(14)17/h3-4,8-9,11-13,16-17H,5-7,10H2,1-2H3. The molecule has 1 aromatic carbocycles. The molecule has 0 radical (unpaired) electrons. The molecular weight excluding hydrogens is 210 g/mol. The Labute approximate surface area is 104 Å². The molecule has 1 fully saturated rings. The molecule has 0 heterocycles. The van der Waals surface area contributed by atoms with E-state index in [0.717, 1.165) is 23.9 Å². The van der Waals surface area contributed by atoms with Crippen LogP contribution in [0.2, 0.25) is 0 Å². The van der Waals surface area contributed by atoms with Crippen LogP contribution in [-0.4, -0.2) is 11.7 Å². The van der Waals surface area contributed by atoms with Crippen LogP contribution in [0.1, 0.15) is 44.7 Å². The van der Waals surface area contributed by atoms with Crippen LogP contribution in [-0.2, 0) is 0 Å². The molecule has 1 aromatic rings. The second kappa shape index (κ2) is 5.54. The van der Waals surface area contributed by atoms with E-state index in [1.807, 2.05) is 18.2 Å². The molecular formula is C15H23NO. The van der Waals surface area contributed by atoms with E-state index in [0.29, 0.717) is 5.75 Å². The number of phenolic OH excluding ortho intramolecular Hbond substituents is 1. The van der Waals surface area contributed by atoms with E-state index in [2.05, 4.69) is 19.2 Å². The van der Waals surface area contributed by atoms with Gasteiger partial charge < -0.3 is 10.4 Å². The Kier molecular flexibility index (Phi) is 4.06. The molecule has 2 rings (SSSR count). The van der Waals surface area contributed by atoms with Gasteiger partial charge in [-0.2, -0.15) is 0 Å². The second-order valence-electron chi connectivity index (χ2n) is 5.36. The predicted octanol–water partition coefficient (Wildman–Crippen LogP) is 3.48. The van der Waals surface area contributed by atoms with Gasteiger partial charge >= 0.3 is 0 Å². The minimum Gasteiger partial charge on any atom is -0.508 e. The summed E-state index contributed by atoms with van der Waals surface area (Å²) in [7, 11) is 0. The van der Waals surface area contributed by atoms with E-state index in [4.69, 9.17) is 0 Å². The number of benzene rings is 1. The molecule has 94 valence electrons. The van der Waals surface area contributed by atoms with Gasteiger partial charge in [-0.3, -0.25) is 0 Å². The number of aromatic hydroxyl groups is 1. The summed E-state index contributed by atoms with van der Waals surface area (Å²) in [6.07, 6.45) is 4.09. The molecule has 1 saturated carbocycles. The summed E-state index contributed by atoms with van der Waals surface area (Å²) >= 11 is 0. The molecule has 0 saturated heterocycles. The number of hydrogen-bond acceptors (Lipinski definition) is 2. The lowest BCUT2D eigenvalue weighted by molar-refractivity contribution is 0.370. The highest BCUT2D eigenvalue weighted by Gasteiger charge is 2.23. The number of phenols is 1. The predicted molar refractivity (Wildman–Crippen MR) is 71.0 cm³/mol. The number of para-hydroxylation sites is 1. The van der Waals surface area contributed by atoms with Crippen LogP contribution in [0, 0.1) is 11.8 Å². The van der Waals surface area contributed by atoms with E-state index in [-0.39, 0.29) is 6.04 Å². The average Bonchev–Trinajstić information content (AvgIpc) is 2.72. The Morgan fingerprint density at radius 2 is 2.12 bits per heavy atom. The minimum atomic E-state index is 0.226. The molecule has 3 atom stereocenters. The summed E-state index contributed by atoms with van der Waals surface area (Å²) in [4.78, 5) is 0. The van der Waals surface area contributed by atoms with Crippen molar-refractivity contribution in [1.29, 1.82) is 0 Å². The zero-order valence-corrected chi connectivity index (χ0v) is 10.8. The van der Waals surface area contributed by atoms with Gasteiger partial charge in [0.05, 0.1) is 0 Å². The Balaban J connectivity index is 1.89. The van der Waals surface area contributed by atoms with Crippen molar-refractivity contribution in [1.82, 2.24) is 5.32 Å². The lowest BCUT2D eigenvalue weighted by Crippen LogP contribution is -2.27. The van der Waals surface area contributed by atoms with Gasteiger partial charge in [-0.05, 0) is 37.8 Å². The molecule has 0 amide bonds. The topological polar surface area (TPSA) is 32.3 Å². The number of hydrogen-bond donors (Lipinski definition) is 2. The molecule has 2 N–H and O–H groups in total. The average molecular weight is 233 g/mol. The van der Waals surface area contributed by atoms with Crippen molar-refractivity contribution in [3.63, 3.8) is 0 Å². The number of rotatable bonds is 4. The van der Waals surface area contributed by atoms with Gasteiger partial charge in [0.2, 0.25) is 0 Å². The third-order valence-corrected chi connectivity index (χ3v) is 4.13. The van der Waals surface area contributed by atoms with Crippen molar-refractivity contribution in [2.75, 3.05) is 6.54 Å². The molecule has 0 bridgehead atoms. The van der Waals surface area contributed by atoms with Gasteiger partial charge in [-0.1, -0.05) is 38.0 Å². The fraction of sp³-hybridized carbons (Fsp3) is 0.600. The minimum absolute atomic E-state index is 0.226. The van der Waals surface area contributed by atoms with Gasteiger partial charge in [0.1, 0.15) is 5.75 Å². The first-order valence-electron chi connectivity index (χ1n) is 6.69. The van der Waals surface area contributed by atoms with E-state index in [1.165, 1.54) is 19.3 Å². The maximum Gasteiger partial charge on any atom is 0.120 e. The Morgan fingerprint density at radius 3 is 2.76 bits per heavy atom. The molecule has 2 heteroatoms. The molecule has 3 unspecified atom stereocenters. The molecule has 0 aliphatic heterocycles. The summed E-state index contributed by atoms with van der Waals surface area (Å²) < 4.78 is 0. The lowest BCUT2D eigenvalue weighted by atomic mass is 9.97. The lowest BCUT2D eigenvalue weighted by Gasteiger charge is -2.20. The van der Waals surface area contributed by atoms with Crippen molar-refractivity contribution >= 4 is 0 Å². The van der Waals surface area contributed by atoms with Crippen LogP contribution in [0.4, 0.5) is 0 Å². The Morgan fingerprint density at radius 1 is 1.35 bits per heavy atom. The second-order valence-corrected chi connectivity index (χ2v) is 5.36. The Hall–Kier alpha value is -1.02. The van der Waals surface area contributed by atoms with Gasteiger partial charge in [0.15, 0.2) is 0 Å². The molecule has 17 heavy (non-hydrogen) atoms. The monoisotopic (exact) mass is 233 g/mol. The zero-order chi connectivity index (χ0) is 12.3. The summed E-state index contributed by atoms with van der Waals surface area (Å²) in [6.45, 7) is 5.54. The first kappa shape index (κ1) is 12.4. The molecule has 1 aliphatic carbocycles. The van der Waals surface area contributed by atoms with E-state index < -0.39 is 0 Å². The van der Waals surface area contributed by atoms with Gasteiger partial charge in [-0.15, -0.1) is 0 Å². The SMILES string of the molecule is CC(NCC1CCCC1C)c1ccccc1O. The largest absolute Gasteiger partial charge is 0.508 e. The third kappa shape index (κ3) is 3.01. The fourth-order valence-corrected chi connectivity index (χ4v) is 2.82. The Bertz CT molecular complexity index is 364. The van der Waals surface area contributed by atoms with Crippen molar-refractivity contribution in [2.45, 2.75) is 39.2 Å². The quantitative estimate of drug-likeness (QED) is 0.834. The highest BCUT2D eigenvalue weighted by Crippen LogP contribution is 2.31. The van der Waals surface area contributed by atoms with Crippen molar-refractivity contribution in [2.24, 2.45) is 11.8 Å². The van der Waals surface area contributed by atoms with Crippen LogP contribution >= 0.6 is 0 Å². The van der Waals surface area contributed by atoms with Gasteiger partial charge in [-0.25, -0.2) is 0 Å². The molecule has 0 spiro atoms. The summed E-state index contributed by atoms with van der Waals surface area (Å²) in [5.41, 5.74) is 0.998. The van der Waals surface area contributed by atoms with Gasteiger partial charge in [0.25, 0.3) is 0 Å². The van der Waals surface area contributed by atoms with E-state index >= 15 is 0 Å². The zero-order valence-electron chi connectivity index (χ0n) is 10.8. The van der Waals surface area contributed by atoms with Crippen molar-refractivity contribution < 1.29 is 5.11 Å². The first-order valence-corrected chi connectivity index (χ1v) is 6.69. The highest BCUT2D eigenvalue weighted by molar-refractivity contribution is 5.34. The maximum atomic E-state index is 9.78. The third-order valence-electron chi connectivity index (χ3n) is 4.13. The van der Waals surface area contributed by atoms with Crippen LogP contribution < -0.4 is 5.32 Å². The number of nitrogens with one attached hydrogen (secondary N) is 1. The summed E-state index contributed by atoms with van der Waals surface area (Å²) in [5.74, 6) is 2.05. The van der Waals surface area contributed by atoms with Crippen LogP contribution in [0.15, 0.2) is 24.3 Å². The van der Waals surface area contributed by atoms with Crippen molar-refractivity contribution in [3.05, 3.63) is 29.8 Å². The smallest absolute Gasteiger partial charge is 0.120 e. The van der Waals surface area contributed by atoms with Crippen molar-refractivity contribution in [3.8, 4) is 5.75 Å². The highest BCUT2D eigenvalue weighted by atomic mass is 16.3. The van der Waals surface area contributed by atoms with Crippen LogP contribution in [0.25, 0.3) is 0 Å².